The predicted molar refractivity (Wildman–Crippen MR) is 97.7 cm³/mol. The largest absolute Gasteiger partial charge is 0.490 e. The molecule has 0 atom stereocenters. The minimum atomic E-state index is -0.945. The van der Waals surface area contributed by atoms with Gasteiger partial charge in [-0.15, -0.1) is 0 Å². The first kappa shape index (κ1) is 18.4. The van der Waals surface area contributed by atoms with E-state index in [-0.39, 0.29) is 5.56 Å². The van der Waals surface area contributed by atoms with Crippen molar-refractivity contribution in [2.24, 2.45) is 0 Å². The predicted octanol–water partition coefficient (Wildman–Crippen LogP) is 5.40. The molecule has 0 radical (unpaired) electrons. The smallest absolute Gasteiger partial charge is 0.336 e. The molecule has 0 saturated heterocycles. The van der Waals surface area contributed by atoms with Gasteiger partial charge in [-0.25, -0.2) is 4.79 Å². The lowest BCUT2D eigenvalue weighted by Crippen LogP contribution is -2.06. The van der Waals surface area contributed by atoms with Crippen molar-refractivity contribution < 1.29 is 14.6 Å². The number of carboxylic acids is 1. The fourth-order valence-electron chi connectivity index (χ4n) is 2.31. The van der Waals surface area contributed by atoms with E-state index in [0.717, 1.165) is 17.7 Å². The quantitative estimate of drug-likeness (QED) is 0.687. The van der Waals surface area contributed by atoms with Crippen LogP contribution in [0.3, 0.4) is 0 Å². The molecule has 0 aliphatic rings. The second kappa shape index (κ2) is 8.27. The number of ether oxygens (including phenoxy) is 1. The van der Waals surface area contributed by atoms with E-state index in [2.05, 4.69) is 5.32 Å². The number of rotatable bonds is 7. The minimum absolute atomic E-state index is 0.277. The van der Waals surface area contributed by atoms with Crippen molar-refractivity contribution in [2.45, 2.75) is 26.8 Å². The van der Waals surface area contributed by atoms with E-state index in [4.69, 9.17) is 27.9 Å². The summed E-state index contributed by atoms with van der Waals surface area (Å²) in [6.07, 6.45) is 0.870. The van der Waals surface area contributed by atoms with Crippen LogP contribution < -0.4 is 10.1 Å². The van der Waals surface area contributed by atoms with Gasteiger partial charge in [0.25, 0.3) is 0 Å². The van der Waals surface area contributed by atoms with Gasteiger partial charge in [0.15, 0.2) is 5.75 Å². The maximum Gasteiger partial charge on any atom is 0.336 e. The molecule has 0 spiro atoms. The van der Waals surface area contributed by atoms with E-state index in [9.17, 15) is 9.90 Å². The standard InChI is InChI=1S/C18H19Cl2NO3/c1-3-7-24-17-14(19)8-12(9-15(17)20)10-21-16-6-4-5-13(11(16)2)18(22)23/h4-6,8-9,21H,3,7,10H2,1-2H3,(H,22,23). The minimum Gasteiger partial charge on any atom is -0.490 e. The van der Waals surface area contributed by atoms with Crippen molar-refractivity contribution in [1.29, 1.82) is 0 Å². The first-order valence-corrected chi connectivity index (χ1v) is 8.37. The third-order valence-electron chi connectivity index (χ3n) is 3.56. The number of carbonyl (C=O) groups is 1. The van der Waals surface area contributed by atoms with Crippen LogP contribution in [0.15, 0.2) is 30.3 Å². The first-order chi connectivity index (χ1) is 11.4. The maximum atomic E-state index is 11.2. The number of hydrogen-bond acceptors (Lipinski definition) is 3. The molecule has 6 heteroatoms. The highest BCUT2D eigenvalue weighted by Crippen LogP contribution is 2.34. The number of halogens is 2. The van der Waals surface area contributed by atoms with E-state index < -0.39 is 5.97 Å². The van der Waals surface area contributed by atoms with Gasteiger partial charge in [0.2, 0.25) is 0 Å². The van der Waals surface area contributed by atoms with E-state index in [1.807, 2.05) is 13.0 Å². The van der Waals surface area contributed by atoms with Gasteiger partial charge in [-0.3, -0.25) is 0 Å². The van der Waals surface area contributed by atoms with E-state index in [1.54, 1.807) is 31.2 Å². The number of anilines is 1. The van der Waals surface area contributed by atoms with Crippen LogP contribution in [0.4, 0.5) is 5.69 Å². The lowest BCUT2D eigenvalue weighted by molar-refractivity contribution is 0.0696. The summed E-state index contributed by atoms with van der Waals surface area (Å²) in [6, 6.07) is 8.71. The number of benzene rings is 2. The molecular formula is C18H19Cl2NO3. The summed E-state index contributed by atoms with van der Waals surface area (Å²) < 4.78 is 5.55. The fraction of sp³-hybridized carbons (Fsp3) is 0.278. The van der Waals surface area contributed by atoms with E-state index in [1.165, 1.54) is 0 Å². The molecule has 24 heavy (non-hydrogen) atoms. The highest BCUT2D eigenvalue weighted by atomic mass is 35.5. The van der Waals surface area contributed by atoms with Crippen molar-refractivity contribution in [3.63, 3.8) is 0 Å². The molecule has 0 amide bonds. The van der Waals surface area contributed by atoms with E-state index >= 15 is 0 Å². The average molecular weight is 368 g/mol. The summed E-state index contributed by atoms with van der Waals surface area (Å²) in [5.41, 5.74) is 2.60. The molecule has 128 valence electrons. The van der Waals surface area contributed by atoms with Crippen LogP contribution >= 0.6 is 23.2 Å². The SMILES string of the molecule is CCCOc1c(Cl)cc(CNc2cccc(C(=O)O)c2C)cc1Cl. The van der Waals surface area contributed by atoms with Crippen molar-refractivity contribution in [3.8, 4) is 5.75 Å². The molecule has 0 bridgehead atoms. The van der Waals surface area contributed by atoms with Crippen LogP contribution in [0.25, 0.3) is 0 Å². The van der Waals surface area contributed by atoms with Gasteiger partial charge in [-0.05, 0) is 48.7 Å². The highest BCUT2D eigenvalue weighted by Gasteiger charge is 2.12. The van der Waals surface area contributed by atoms with Gasteiger partial charge in [0.1, 0.15) is 0 Å². The monoisotopic (exact) mass is 367 g/mol. The van der Waals surface area contributed by atoms with Crippen LogP contribution in [0.5, 0.6) is 5.75 Å². The zero-order chi connectivity index (χ0) is 17.7. The third kappa shape index (κ3) is 4.34. The van der Waals surface area contributed by atoms with Crippen LogP contribution in [-0.2, 0) is 6.54 Å². The molecular weight excluding hydrogens is 349 g/mol. The topological polar surface area (TPSA) is 58.6 Å². The number of carboxylic acid groups (broad SMARTS) is 1. The zero-order valence-electron chi connectivity index (χ0n) is 13.5. The molecule has 0 aromatic heterocycles. The Labute approximate surface area is 151 Å². The molecule has 2 N–H and O–H groups in total. The van der Waals surface area contributed by atoms with Crippen molar-refractivity contribution >= 4 is 34.9 Å². The molecule has 2 rings (SSSR count). The highest BCUT2D eigenvalue weighted by molar-refractivity contribution is 6.37. The molecule has 0 fully saturated rings. The normalized spacial score (nSPS) is 10.5. The fourth-order valence-corrected chi connectivity index (χ4v) is 2.95. The van der Waals surface area contributed by atoms with Crippen LogP contribution in [0.2, 0.25) is 10.0 Å². The van der Waals surface area contributed by atoms with Crippen LogP contribution in [0, 0.1) is 6.92 Å². The summed E-state index contributed by atoms with van der Waals surface area (Å²) >= 11 is 12.5. The van der Waals surface area contributed by atoms with Gasteiger partial charge in [-0.1, -0.05) is 36.2 Å². The van der Waals surface area contributed by atoms with Crippen LogP contribution in [0.1, 0.15) is 34.8 Å². The van der Waals surface area contributed by atoms with Gasteiger partial charge in [-0.2, -0.15) is 0 Å². The van der Waals surface area contributed by atoms with Gasteiger partial charge >= 0.3 is 5.97 Å². The summed E-state index contributed by atoms with van der Waals surface area (Å²) in [7, 11) is 0. The van der Waals surface area contributed by atoms with Crippen molar-refractivity contribution in [1.82, 2.24) is 0 Å². The van der Waals surface area contributed by atoms with Gasteiger partial charge in [0, 0.05) is 12.2 Å². The Morgan fingerprint density at radius 3 is 2.50 bits per heavy atom. The molecule has 0 aliphatic carbocycles. The Balaban J connectivity index is 2.16. The van der Waals surface area contributed by atoms with Crippen molar-refractivity contribution in [2.75, 3.05) is 11.9 Å². The molecule has 4 nitrogen and oxygen atoms in total. The summed E-state index contributed by atoms with van der Waals surface area (Å²) in [4.78, 5) is 11.2. The Morgan fingerprint density at radius 2 is 1.92 bits per heavy atom. The average Bonchev–Trinajstić information content (AvgIpc) is 2.53. The second-order valence-corrected chi connectivity index (χ2v) is 6.19. The number of nitrogens with one attached hydrogen (secondary N) is 1. The van der Waals surface area contributed by atoms with E-state index in [0.29, 0.717) is 34.5 Å². The lowest BCUT2D eigenvalue weighted by Gasteiger charge is -2.14. The summed E-state index contributed by atoms with van der Waals surface area (Å²) in [5, 5.41) is 13.3. The zero-order valence-corrected chi connectivity index (χ0v) is 15.0. The molecule has 0 heterocycles. The van der Waals surface area contributed by atoms with Gasteiger partial charge < -0.3 is 15.2 Å². The van der Waals surface area contributed by atoms with Crippen molar-refractivity contribution in [3.05, 3.63) is 57.1 Å². The van der Waals surface area contributed by atoms with Crippen LogP contribution in [-0.4, -0.2) is 17.7 Å². The Morgan fingerprint density at radius 1 is 1.25 bits per heavy atom. The molecule has 2 aromatic rings. The third-order valence-corrected chi connectivity index (χ3v) is 4.12. The number of hydrogen-bond donors (Lipinski definition) is 2. The first-order valence-electron chi connectivity index (χ1n) is 7.61. The molecule has 0 unspecified atom stereocenters. The molecule has 2 aromatic carbocycles. The molecule has 0 saturated carbocycles. The maximum absolute atomic E-state index is 11.2. The lowest BCUT2D eigenvalue weighted by atomic mass is 10.1. The summed E-state index contributed by atoms with van der Waals surface area (Å²) in [5.74, 6) is -0.451. The Hall–Kier alpha value is -1.91. The van der Waals surface area contributed by atoms with Gasteiger partial charge in [0.05, 0.1) is 22.2 Å². The second-order valence-electron chi connectivity index (χ2n) is 5.37. The summed E-state index contributed by atoms with van der Waals surface area (Å²) in [6.45, 7) is 4.80. The molecule has 0 aliphatic heterocycles. The number of aromatic carboxylic acids is 1. The Bertz CT molecular complexity index is 724. The Kier molecular flexibility index (Phi) is 6.35.